The van der Waals surface area contributed by atoms with Crippen molar-refractivity contribution in [2.24, 2.45) is 0 Å². The SMILES string of the molecule is CCc1ccc(C)cc1OC(F)(F)F. The molecule has 0 saturated heterocycles. The third kappa shape index (κ3) is 2.94. The third-order valence-electron chi connectivity index (χ3n) is 1.83. The van der Waals surface area contributed by atoms with Gasteiger partial charge in [0, 0.05) is 0 Å². The van der Waals surface area contributed by atoms with Crippen LogP contribution in [0.2, 0.25) is 0 Å². The minimum absolute atomic E-state index is 0.0972. The summed E-state index contributed by atoms with van der Waals surface area (Å²) in [4.78, 5) is 0. The standard InChI is InChI=1S/C10H11F3O/c1-3-8-5-4-7(2)6-9(8)14-10(11,12)13/h4-6H,3H2,1-2H3. The van der Waals surface area contributed by atoms with Crippen LogP contribution in [0.5, 0.6) is 5.75 Å². The van der Waals surface area contributed by atoms with Crippen molar-refractivity contribution in [3.8, 4) is 5.75 Å². The summed E-state index contributed by atoms with van der Waals surface area (Å²) in [5.74, 6) is -0.0972. The summed E-state index contributed by atoms with van der Waals surface area (Å²) in [5, 5.41) is 0. The number of halogens is 3. The van der Waals surface area contributed by atoms with Gasteiger partial charge in [0.05, 0.1) is 0 Å². The molecular formula is C10H11F3O. The zero-order chi connectivity index (χ0) is 10.8. The van der Waals surface area contributed by atoms with Gasteiger partial charge in [-0.05, 0) is 30.5 Å². The van der Waals surface area contributed by atoms with Crippen LogP contribution in [-0.2, 0) is 6.42 Å². The van der Waals surface area contributed by atoms with Gasteiger partial charge in [-0.15, -0.1) is 13.2 Å². The number of benzene rings is 1. The summed E-state index contributed by atoms with van der Waals surface area (Å²) < 4.78 is 39.8. The van der Waals surface area contributed by atoms with E-state index in [0.29, 0.717) is 12.0 Å². The summed E-state index contributed by atoms with van der Waals surface area (Å²) in [6.07, 6.45) is -4.09. The maximum Gasteiger partial charge on any atom is 0.573 e. The number of aryl methyl sites for hydroxylation is 2. The Morgan fingerprint density at radius 3 is 2.43 bits per heavy atom. The number of rotatable bonds is 2. The fourth-order valence-corrected chi connectivity index (χ4v) is 1.17. The lowest BCUT2D eigenvalue weighted by molar-refractivity contribution is -0.274. The van der Waals surface area contributed by atoms with E-state index in [1.165, 1.54) is 6.07 Å². The van der Waals surface area contributed by atoms with E-state index in [0.717, 1.165) is 5.56 Å². The molecule has 0 aliphatic rings. The van der Waals surface area contributed by atoms with Crippen molar-refractivity contribution in [3.63, 3.8) is 0 Å². The Morgan fingerprint density at radius 1 is 1.29 bits per heavy atom. The van der Waals surface area contributed by atoms with Crippen LogP contribution in [0.3, 0.4) is 0 Å². The van der Waals surface area contributed by atoms with Crippen LogP contribution < -0.4 is 4.74 Å². The summed E-state index contributed by atoms with van der Waals surface area (Å²) in [5.41, 5.74) is 1.31. The number of hydrogen-bond acceptors (Lipinski definition) is 1. The fourth-order valence-electron chi connectivity index (χ4n) is 1.17. The van der Waals surface area contributed by atoms with Gasteiger partial charge < -0.3 is 4.74 Å². The van der Waals surface area contributed by atoms with Crippen LogP contribution in [0, 0.1) is 6.92 Å². The lowest BCUT2D eigenvalue weighted by Crippen LogP contribution is -2.18. The Labute approximate surface area is 80.5 Å². The van der Waals surface area contributed by atoms with Gasteiger partial charge in [-0.3, -0.25) is 0 Å². The number of alkyl halides is 3. The van der Waals surface area contributed by atoms with E-state index >= 15 is 0 Å². The Bertz CT molecular complexity index is 318. The summed E-state index contributed by atoms with van der Waals surface area (Å²) >= 11 is 0. The Kier molecular flexibility index (Phi) is 3.03. The van der Waals surface area contributed by atoms with Gasteiger partial charge in [-0.1, -0.05) is 19.1 Å². The van der Waals surface area contributed by atoms with Crippen molar-refractivity contribution in [1.82, 2.24) is 0 Å². The predicted molar refractivity (Wildman–Crippen MR) is 47.2 cm³/mol. The first-order valence-corrected chi connectivity index (χ1v) is 4.27. The molecule has 0 bridgehead atoms. The summed E-state index contributed by atoms with van der Waals surface area (Å²) in [6, 6.07) is 4.81. The maximum absolute atomic E-state index is 12.0. The molecule has 0 unspecified atom stereocenters. The molecule has 1 aromatic rings. The van der Waals surface area contributed by atoms with Crippen LogP contribution in [0.1, 0.15) is 18.1 Å². The van der Waals surface area contributed by atoms with Gasteiger partial charge in [0.15, 0.2) is 0 Å². The van der Waals surface area contributed by atoms with Crippen LogP contribution >= 0.6 is 0 Å². The molecule has 0 amide bonds. The van der Waals surface area contributed by atoms with Crippen LogP contribution in [0.25, 0.3) is 0 Å². The van der Waals surface area contributed by atoms with Crippen molar-refractivity contribution in [3.05, 3.63) is 29.3 Å². The van der Waals surface area contributed by atoms with Crippen molar-refractivity contribution in [2.45, 2.75) is 26.6 Å². The minimum atomic E-state index is -4.61. The molecule has 14 heavy (non-hydrogen) atoms. The van der Waals surface area contributed by atoms with Gasteiger partial charge >= 0.3 is 6.36 Å². The molecule has 0 heterocycles. The highest BCUT2D eigenvalue weighted by Crippen LogP contribution is 2.27. The van der Waals surface area contributed by atoms with E-state index in [4.69, 9.17) is 0 Å². The highest BCUT2D eigenvalue weighted by atomic mass is 19.4. The van der Waals surface area contributed by atoms with E-state index in [2.05, 4.69) is 4.74 Å². The van der Waals surface area contributed by atoms with E-state index in [1.807, 2.05) is 0 Å². The maximum atomic E-state index is 12.0. The van der Waals surface area contributed by atoms with Crippen molar-refractivity contribution >= 4 is 0 Å². The molecule has 0 fully saturated rings. The Balaban J connectivity index is 2.99. The molecule has 1 nitrogen and oxygen atoms in total. The lowest BCUT2D eigenvalue weighted by atomic mass is 10.1. The average molecular weight is 204 g/mol. The van der Waals surface area contributed by atoms with E-state index in [-0.39, 0.29) is 5.75 Å². The predicted octanol–water partition coefficient (Wildman–Crippen LogP) is 3.46. The van der Waals surface area contributed by atoms with Crippen molar-refractivity contribution in [2.75, 3.05) is 0 Å². The van der Waals surface area contributed by atoms with Crippen LogP contribution in [0.4, 0.5) is 13.2 Å². The molecule has 0 aliphatic heterocycles. The van der Waals surface area contributed by atoms with Crippen molar-refractivity contribution < 1.29 is 17.9 Å². The zero-order valence-electron chi connectivity index (χ0n) is 7.98. The first kappa shape index (κ1) is 10.9. The Morgan fingerprint density at radius 2 is 1.93 bits per heavy atom. The van der Waals surface area contributed by atoms with Crippen LogP contribution in [-0.4, -0.2) is 6.36 Å². The molecule has 1 aromatic carbocycles. The molecule has 0 radical (unpaired) electrons. The van der Waals surface area contributed by atoms with Gasteiger partial charge in [0.1, 0.15) is 5.75 Å². The number of hydrogen-bond donors (Lipinski definition) is 0. The summed E-state index contributed by atoms with van der Waals surface area (Å²) in [6.45, 7) is 3.51. The van der Waals surface area contributed by atoms with E-state index < -0.39 is 6.36 Å². The quantitative estimate of drug-likeness (QED) is 0.716. The molecule has 0 saturated carbocycles. The van der Waals surface area contributed by atoms with Gasteiger partial charge in [0.25, 0.3) is 0 Å². The highest BCUT2D eigenvalue weighted by Gasteiger charge is 2.31. The van der Waals surface area contributed by atoms with Gasteiger partial charge in [0.2, 0.25) is 0 Å². The minimum Gasteiger partial charge on any atom is -0.405 e. The average Bonchev–Trinajstić information content (AvgIpc) is 2.01. The lowest BCUT2D eigenvalue weighted by Gasteiger charge is -2.12. The van der Waals surface area contributed by atoms with E-state index in [1.54, 1.807) is 26.0 Å². The fraction of sp³-hybridized carbons (Fsp3) is 0.400. The third-order valence-corrected chi connectivity index (χ3v) is 1.83. The molecule has 1 rings (SSSR count). The molecule has 78 valence electrons. The first-order valence-electron chi connectivity index (χ1n) is 4.27. The van der Waals surface area contributed by atoms with Gasteiger partial charge in [-0.2, -0.15) is 0 Å². The molecule has 0 N–H and O–H groups in total. The molecule has 0 aromatic heterocycles. The summed E-state index contributed by atoms with van der Waals surface area (Å²) in [7, 11) is 0. The van der Waals surface area contributed by atoms with Crippen LogP contribution in [0.15, 0.2) is 18.2 Å². The Hall–Kier alpha value is -1.19. The largest absolute Gasteiger partial charge is 0.573 e. The second-order valence-electron chi connectivity index (χ2n) is 3.01. The highest BCUT2D eigenvalue weighted by molar-refractivity contribution is 5.37. The zero-order valence-corrected chi connectivity index (χ0v) is 7.98. The molecule has 0 atom stereocenters. The monoisotopic (exact) mass is 204 g/mol. The molecule has 0 spiro atoms. The smallest absolute Gasteiger partial charge is 0.405 e. The number of ether oxygens (including phenoxy) is 1. The topological polar surface area (TPSA) is 9.23 Å². The second kappa shape index (κ2) is 3.90. The molecule has 0 aliphatic carbocycles. The van der Waals surface area contributed by atoms with Crippen molar-refractivity contribution in [1.29, 1.82) is 0 Å². The van der Waals surface area contributed by atoms with Gasteiger partial charge in [-0.25, -0.2) is 0 Å². The molecule has 4 heteroatoms. The normalized spacial score (nSPS) is 11.5. The second-order valence-corrected chi connectivity index (χ2v) is 3.01. The molecular weight excluding hydrogens is 193 g/mol. The first-order chi connectivity index (χ1) is 6.42. The van der Waals surface area contributed by atoms with E-state index in [9.17, 15) is 13.2 Å².